The van der Waals surface area contributed by atoms with Crippen molar-refractivity contribution in [3.8, 4) is 0 Å². The maximum atomic E-state index is 11.3. The van der Waals surface area contributed by atoms with Crippen LogP contribution in [-0.4, -0.2) is 15.4 Å². The largest absolute Gasteiger partial charge is 0.379 e. The Morgan fingerprint density at radius 3 is 2.84 bits per heavy atom. The minimum absolute atomic E-state index is 0.470. The zero-order valence-corrected chi connectivity index (χ0v) is 12.2. The first-order valence-electron chi connectivity index (χ1n) is 5.87. The Labute approximate surface area is 120 Å². The molecule has 5 heteroatoms. The molecule has 3 nitrogen and oxygen atoms in total. The molecule has 0 aliphatic carbocycles. The van der Waals surface area contributed by atoms with E-state index in [9.17, 15) is 4.21 Å². The van der Waals surface area contributed by atoms with Crippen LogP contribution in [0.25, 0.3) is 0 Å². The highest BCUT2D eigenvalue weighted by Crippen LogP contribution is 2.22. The van der Waals surface area contributed by atoms with Crippen molar-refractivity contribution in [2.24, 2.45) is 0 Å². The van der Waals surface area contributed by atoms with Crippen LogP contribution >= 0.6 is 11.6 Å². The van der Waals surface area contributed by atoms with Gasteiger partial charge >= 0.3 is 0 Å². The van der Waals surface area contributed by atoms with Gasteiger partial charge in [0, 0.05) is 39.7 Å². The summed E-state index contributed by atoms with van der Waals surface area (Å²) in [6, 6.07) is 11.5. The van der Waals surface area contributed by atoms with Gasteiger partial charge in [-0.05, 0) is 35.9 Å². The molecule has 0 aliphatic rings. The van der Waals surface area contributed by atoms with E-state index in [-0.39, 0.29) is 0 Å². The number of rotatable bonds is 5. The SMILES string of the molecule is C[S@@](=O)Cc1cc(NCc2ccccn2)ccc1Cl. The molecular weight excluding hydrogens is 280 g/mol. The van der Waals surface area contributed by atoms with Crippen LogP contribution in [-0.2, 0) is 23.1 Å². The van der Waals surface area contributed by atoms with Gasteiger partial charge in [0.2, 0.25) is 0 Å². The fourth-order valence-electron chi connectivity index (χ4n) is 1.71. The van der Waals surface area contributed by atoms with Gasteiger partial charge in [-0.25, -0.2) is 0 Å². The van der Waals surface area contributed by atoms with Crippen molar-refractivity contribution < 1.29 is 4.21 Å². The lowest BCUT2D eigenvalue weighted by Crippen LogP contribution is -2.02. The summed E-state index contributed by atoms with van der Waals surface area (Å²) in [5.41, 5.74) is 2.82. The van der Waals surface area contributed by atoms with Gasteiger partial charge in [-0.15, -0.1) is 0 Å². The summed E-state index contributed by atoms with van der Waals surface area (Å²) in [5, 5.41) is 3.93. The van der Waals surface area contributed by atoms with E-state index in [1.807, 2.05) is 36.4 Å². The number of pyridine rings is 1. The Bertz CT molecular complexity index is 575. The van der Waals surface area contributed by atoms with E-state index in [2.05, 4.69) is 10.3 Å². The first-order valence-corrected chi connectivity index (χ1v) is 7.98. The van der Waals surface area contributed by atoms with Gasteiger partial charge in [0.25, 0.3) is 0 Å². The van der Waals surface area contributed by atoms with Crippen molar-refractivity contribution in [3.05, 3.63) is 58.9 Å². The summed E-state index contributed by atoms with van der Waals surface area (Å²) >= 11 is 6.08. The van der Waals surface area contributed by atoms with E-state index >= 15 is 0 Å². The second kappa shape index (κ2) is 6.68. The van der Waals surface area contributed by atoms with Gasteiger partial charge in [0.05, 0.1) is 12.2 Å². The molecule has 1 heterocycles. The van der Waals surface area contributed by atoms with Gasteiger partial charge in [-0.2, -0.15) is 0 Å². The molecule has 19 heavy (non-hydrogen) atoms. The molecule has 0 radical (unpaired) electrons. The highest BCUT2D eigenvalue weighted by Gasteiger charge is 2.04. The van der Waals surface area contributed by atoms with Crippen molar-refractivity contribution in [1.82, 2.24) is 4.98 Å². The van der Waals surface area contributed by atoms with Crippen molar-refractivity contribution in [2.75, 3.05) is 11.6 Å². The topological polar surface area (TPSA) is 42.0 Å². The molecule has 1 aromatic carbocycles. The Balaban J connectivity index is 2.06. The molecule has 0 unspecified atom stereocenters. The van der Waals surface area contributed by atoms with E-state index in [1.54, 1.807) is 12.5 Å². The zero-order valence-electron chi connectivity index (χ0n) is 10.6. The number of benzene rings is 1. The molecule has 1 aromatic heterocycles. The first-order chi connectivity index (χ1) is 9.15. The van der Waals surface area contributed by atoms with Gasteiger partial charge in [-0.1, -0.05) is 17.7 Å². The smallest absolute Gasteiger partial charge is 0.0594 e. The van der Waals surface area contributed by atoms with Crippen molar-refractivity contribution in [1.29, 1.82) is 0 Å². The van der Waals surface area contributed by atoms with Gasteiger partial charge in [0.15, 0.2) is 0 Å². The van der Waals surface area contributed by atoms with Crippen LogP contribution in [0.15, 0.2) is 42.6 Å². The van der Waals surface area contributed by atoms with Gasteiger partial charge in [-0.3, -0.25) is 9.19 Å². The number of nitrogens with one attached hydrogen (secondary N) is 1. The third-order valence-electron chi connectivity index (χ3n) is 2.60. The van der Waals surface area contributed by atoms with Crippen LogP contribution < -0.4 is 5.32 Å². The number of hydrogen-bond donors (Lipinski definition) is 1. The van der Waals surface area contributed by atoms with Crippen molar-refractivity contribution in [3.63, 3.8) is 0 Å². The number of nitrogens with zero attached hydrogens (tertiary/aromatic N) is 1. The summed E-state index contributed by atoms with van der Waals surface area (Å²) in [6.07, 6.45) is 3.44. The zero-order chi connectivity index (χ0) is 13.7. The predicted octanol–water partition coefficient (Wildman–Crippen LogP) is 3.23. The third kappa shape index (κ3) is 4.33. The Morgan fingerprint density at radius 2 is 2.16 bits per heavy atom. The maximum Gasteiger partial charge on any atom is 0.0594 e. The number of halogens is 1. The van der Waals surface area contributed by atoms with E-state index in [4.69, 9.17) is 11.6 Å². The molecular formula is C14H15ClN2OS. The quantitative estimate of drug-likeness (QED) is 0.920. The van der Waals surface area contributed by atoms with Crippen LogP contribution in [0, 0.1) is 0 Å². The number of aromatic nitrogens is 1. The van der Waals surface area contributed by atoms with Crippen LogP contribution in [0.1, 0.15) is 11.3 Å². The molecule has 0 spiro atoms. The average Bonchev–Trinajstić information content (AvgIpc) is 2.40. The summed E-state index contributed by atoms with van der Waals surface area (Å²) in [4.78, 5) is 4.24. The van der Waals surface area contributed by atoms with Crippen LogP contribution in [0.2, 0.25) is 5.02 Å². The molecule has 0 amide bonds. The van der Waals surface area contributed by atoms with Gasteiger partial charge in [0.1, 0.15) is 0 Å². The molecule has 1 N–H and O–H groups in total. The Kier molecular flexibility index (Phi) is 4.93. The maximum absolute atomic E-state index is 11.3. The van der Waals surface area contributed by atoms with Crippen molar-refractivity contribution >= 4 is 28.1 Å². The molecule has 2 rings (SSSR count). The number of hydrogen-bond acceptors (Lipinski definition) is 3. The van der Waals surface area contributed by atoms with E-state index < -0.39 is 10.8 Å². The average molecular weight is 295 g/mol. The van der Waals surface area contributed by atoms with E-state index in [0.29, 0.717) is 17.3 Å². The lowest BCUT2D eigenvalue weighted by atomic mass is 10.2. The monoisotopic (exact) mass is 294 g/mol. The normalized spacial score (nSPS) is 12.1. The number of anilines is 1. The van der Waals surface area contributed by atoms with Crippen LogP contribution in [0.4, 0.5) is 5.69 Å². The summed E-state index contributed by atoms with van der Waals surface area (Å²) in [6.45, 7) is 0.650. The standard InChI is InChI=1S/C14H15ClN2OS/c1-19(18)10-11-8-12(5-6-14(11)15)17-9-13-4-2-3-7-16-13/h2-8,17H,9-10H2,1H3/t19-/m1/s1. The molecule has 1 atom stereocenters. The molecule has 0 saturated carbocycles. The molecule has 2 aromatic rings. The summed E-state index contributed by atoms with van der Waals surface area (Å²) in [5.74, 6) is 0.470. The Hall–Kier alpha value is -1.39. The lowest BCUT2D eigenvalue weighted by Gasteiger charge is -2.09. The first kappa shape index (κ1) is 14.0. The van der Waals surface area contributed by atoms with Crippen molar-refractivity contribution in [2.45, 2.75) is 12.3 Å². The van der Waals surface area contributed by atoms with Crippen LogP contribution in [0.3, 0.4) is 0 Å². The van der Waals surface area contributed by atoms with Gasteiger partial charge < -0.3 is 5.32 Å². The molecule has 0 bridgehead atoms. The second-order valence-electron chi connectivity index (χ2n) is 4.20. The van der Waals surface area contributed by atoms with Crippen LogP contribution in [0.5, 0.6) is 0 Å². The highest BCUT2D eigenvalue weighted by molar-refractivity contribution is 7.83. The summed E-state index contributed by atoms with van der Waals surface area (Å²) in [7, 11) is -0.900. The van der Waals surface area contributed by atoms with E-state index in [0.717, 1.165) is 16.9 Å². The molecule has 0 fully saturated rings. The fraction of sp³-hybridized carbons (Fsp3) is 0.214. The molecule has 100 valence electrons. The highest BCUT2D eigenvalue weighted by atomic mass is 35.5. The molecule has 0 aliphatic heterocycles. The molecule has 0 saturated heterocycles. The third-order valence-corrected chi connectivity index (χ3v) is 3.69. The summed E-state index contributed by atoms with van der Waals surface area (Å²) < 4.78 is 11.3. The fourth-order valence-corrected chi connectivity index (χ4v) is 2.65. The van der Waals surface area contributed by atoms with E-state index in [1.165, 1.54) is 0 Å². The predicted molar refractivity (Wildman–Crippen MR) is 80.8 cm³/mol. The Morgan fingerprint density at radius 1 is 1.32 bits per heavy atom. The minimum Gasteiger partial charge on any atom is -0.379 e. The minimum atomic E-state index is -0.900. The second-order valence-corrected chi connectivity index (χ2v) is 6.04. The lowest BCUT2D eigenvalue weighted by molar-refractivity contribution is 0.686.